The van der Waals surface area contributed by atoms with Crippen molar-refractivity contribution in [2.24, 2.45) is 11.8 Å². The normalized spacial score (nSPS) is 23.6. The number of carbonyl (C=O) groups is 1. The molecule has 4 rings (SSSR count). The van der Waals surface area contributed by atoms with Crippen LogP contribution in [0.25, 0.3) is 0 Å². The largest absolute Gasteiger partial charge is 0.497 e. The van der Waals surface area contributed by atoms with Crippen molar-refractivity contribution in [2.45, 2.75) is 6.04 Å². The fraction of sp³-hybridized carbons (Fsp3) is 0.364. The van der Waals surface area contributed by atoms with Gasteiger partial charge in [-0.25, -0.2) is 0 Å². The van der Waals surface area contributed by atoms with Crippen molar-refractivity contribution in [3.8, 4) is 11.8 Å². The van der Waals surface area contributed by atoms with Gasteiger partial charge in [-0.2, -0.15) is 5.26 Å². The lowest BCUT2D eigenvalue weighted by Crippen LogP contribution is -2.33. The molecule has 2 aliphatic heterocycles. The highest BCUT2D eigenvalue weighted by Gasteiger charge is 2.47. The minimum Gasteiger partial charge on any atom is -0.497 e. The van der Waals surface area contributed by atoms with Gasteiger partial charge in [-0.1, -0.05) is 12.1 Å². The highest BCUT2D eigenvalue weighted by atomic mass is 35.5. The third kappa shape index (κ3) is 3.58. The van der Waals surface area contributed by atoms with Crippen molar-refractivity contribution in [3.05, 3.63) is 65.2 Å². The van der Waals surface area contributed by atoms with Gasteiger partial charge in [-0.15, -0.1) is 12.4 Å². The van der Waals surface area contributed by atoms with E-state index in [1.54, 1.807) is 31.4 Å². The monoisotopic (exact) mass is 397 g/mol. The summed E-state index contributed by atoms with van der Waals surface area (Å²) in [7, 11) is 3.84. The van der Waals surface area contributed by atoms with E-state index in [1.165, 1.54) is 5.56 Å². The molecule has 0 spiro atoms. The summed E-state index contributed by atoms with van der Waals surface area (Å²) in [6.07, 6.45) is 0. The van der Waals surface area contributed by atoms with Gasteiger partial charge in [0, 0.05) is 37.2 Å². The zero-order valence-electron chi connectivity index (χ0n) is 16.0. The van der Waals surface area contributed by atoms with Crippen LogP contribution in [0.4, 0.5) is 0 Å². The smallest absolute Gasteiger partial charge is 0.253 e. The first-order valence-electron chi connectivity index (χ1n) is 9.24. The molecular weight excluding hydrogens is 374 g/mol. The summed E-state index contributed by atoms with van der Waals surface area (Å²) in [5.41, 5.74) is 2.51. The predicted molar refractivity (Wildman–Crippen MR) is 110 cm³/mol. The minimum atomic E-state index is 0. The second-order valence-corrected chi connectivity index (χ2v) is 7.48. The van der Waals surface area contributed by atoms with Crippen molar-refractivity contribution in [3.63, 3.8) is 0 Å². The van der Waals surface area contributed by atoms with Crippen LogP contribution in [0.1, 0.15) is 27.5 Å². The maximum absolute atomic E-state index is 12.9. The van der Waals surface area contributed by atoms with E-state index < -0.39 is 0 Å². The molecule has 2 heterocycles. The number of likely N-dealkylation sites (tertiary alicyclic amines) is 2. The van der Waals surface area contributed by atoms with E-state index in [1.807, 2.05) is 17.0 Å². The van der Waals surface area contributed by atoms with Gasteiger partial charge in [0.2, 0.25) is 0 Å². The highest BCUT2D eigenvalue weighted by molar-refractivity contribution is 5.94. The summed E-state index contributed by atoms with van der Waals surface area (Å²) in [5, 5.41) is 8.92. The van der Waals surface area contributed by atoms with Crippen LogP contribution >= 0.6 is 12.4 Å². The first kappa shape index (κ1) is 20.2. The number of methoxy groups -OCH3 is 1. The molecule has 2 aromatic carbocycles. The topological polar surface area (TPSA) is 56.6 Å². The number of nitriles is 1. The molecule has 2 aliphatic rings. The van der Waals surface area contributed by atoms with Crippen molar-refractivity contribution >= 4 is 18.3 Å². The molecule has 0 N–H and O–H groups in total. The number of amides is 1. The Morgan fingerprint density at radius 2 is 1.75 bits per heavy atom. The standard InChI is InChI=1S/C22H23N3O2.ClH/c1-24-12-18-13-25(22(26)17-5-3-15(11-23)4-6-17)14-20(18)21(24)16-7-9-19(27-2)10-8-16;/h3-10,18,20-21H,12-14H2,1-2H3;1H/t18-,20+,21-;/m0./s1. The molecule has 0 unspecified atom stereocenters. The van der Waals surface area contributed by atoms with Gasteiger partial charge < -0.3 is 9.64 Å². The van der Waals surface area contributed by atoms with E-state index in [-0.39, 0.29) is 18.3 Å². The van der Waals surface area contributed by atoms with Gasteiger partial charge in [-0.3, -0.25) is 9.69 Å². The highest BCUT2D eigenvalue weighted by Crippen LogP contribution is 2.44. The Morgan fingerprint density at radius 3 is 2.36 bits per heavy atom. The third-order valence-corrected chi connectivity index (χ3v) is 5.90. The molecule has 2 saturated heterocycles. The number of ether oxygens (including phenoxy) is 1. The molecule has 2 fully saturated rings. The van der Waals surface area contributed by atoms with Crippen LogP contribution in [0.2, 0.25) is 0 Å². The number of rotatable bonds is 3. The van der Waals surface area contributed by atoms with Gasteiger partial charge in [0.1, 0.15) is 5.75 Å². The quantitative estimate of drug-likeness (QED) is 0.796. The molecule has 2 aromatic rings. The molecule has 5 nitrogen and oxygen atoms in total. The molecule has 0 radical (unpaired) electrons. The zero-order valence-corrected chi connectivity index (χ0v) is 16.9. The molecule has 0 aromatic heterocycles. The van der Waals surface area contributed by atoms with E-state index in [9.17, 15) is 4.79 Å². The van der Waals surface area contributed by atoms with Crippen LogP contribution in [0.5, 0.6) is 5.75 Å². The van der Waals surface area contributed by atoms with E-state index >= 15 is 0 Å². The first-order chi connectivity index (χ1) is 13.1. The predicted octanol–water partition coefficient (Wildman–Crippen LogP) is 3.36. The second-order valence-electron chi connectivity index (χ2n) is 7.48. The number of hydrogen-bond donors (Lipinski definition) is 0. The zero-order chi connectivity index (χ0) is 19.0. The SMILES string of the molecule is COc1ccc([C@H]2[C@@H]3CN(C(=O)c4ccc(C#N)cc4)C[C@@H]3CN2C)cc1.Cl. The molecular formula is C22H24ClN3O2. The number of benzene rings is 2. The summed E-state index contributed by atoms with van der Waals surface area (Å²) < 4.78 is 5.27. The summed E-state index contributed by atoms with van der Waals surface area (Å²) in [6.45, 7) is 2.56. The summed E-state index contributed by atoms with van der Waals surface area (Å²) >= 11 is 0. The van der Waals surface area contributed by atoms with Gasteiger partial charge in [-0.05, 0) is 54.9 Å². The Morgan fingerprint density at radius 1 is 1.07 bits per heavy atom. The minimum absolute atomic E-state index is 0. The Kier molecular flexibility index (Phi) is 5.93. The summed E-state index contributed by atoms with van der Waals surface area (Å²) in [4.78, 5) is 17.3. The lowest BCUT2D eigenvalue weighted by Gasteiger charge is -2.27. The number of halogens is 1. The molecule has 6 heteroatoms. The van der Waals surface area contributed by atoms with Crippen LogP contribution in [0.3, 0.4) is 0 Å². The lowest BCUT2D eigenvalue weighted by atomic mass is 9.89. The Bertz CT molecular complexity index is 876. The van der Waals surface area contributed by atoms with Crippen LogP contribution in [-0.4, -0.2) is 49.5 Å². The lowest BCUT2D eigenvalue weighted by molar-refractivity contribution is 0.0768. The van der Waals surface area contributed by atoms with Gasteiger partial charge in [0.15, 0.2) is 0 Å². The average Bonchev–Trinajstić information content (AvgIpc) is 3.24. The maximum Gasteiger partial charge on any atom is 0.253 e. The number of hydrogen-bond acceptors (Lipinski definition) is 4. The third-order valence-electron chi connectivity index (χ3n) is 5.90. The molecule has 0 aliphatic carbocycles. The van der Waals surface area contributed by atoms with Crippen LogP contribution in [0, 0.1) is 23.2 Å². The number of fused-ring (bicyclic) bond motifs is 1. The number of nitrogens with zero attached hydrogens (tertiary/aromatic N) is 3. The van der Waals surface area contributed by atoms with Crippen molar-refractivity contribution in [1.82, 2.24) is 9.80 Å². The summed E-state index contributed by atoms with van der Waals surface area (Å²) in [6, 6.07) is 17.6. The van der Waals surface area contributed by atoms with Gasteiger partial charge in [0.05, 0.1) is 18.7 Å². The molecule has 0 bridgehead atoms. The first-order valence-corrected chi connectivity index (χ1v) is 9.24. The fourth-order valence-electron chi connectivity index (χ4n) is 4.60. The van der Waals surface area contributed by atoms with E-state index in [0.29, 0.717) is 29.0 Å². The molecule has 1 amide bonds. The van der Waals surface area contributed by atoms with Crippen molar-refractivity contribution < 1.29 is 9.53 Å². The van der Waals surface area contributed by atoms with Crippen LogP contribution in [0.15, 0.2) is 48.5 Å². The van der Waals surface area contributed by atoms with Crippen LogP contribution in [-0.2, 0) is 0 Å². The average molecular weight is 398 g/mol. The van der Waals surface area contributed by atoms with Crippen LogP contribution < -0.4 is 4.74 Å². The van der Waals surface area contributed by atoms with Crippen molar-refractivity contribution in [2.75, 3.05) is 33.8 Å². The van der Waals surface area contributed by atoms with Gasteiger partial charge >= 0.3 is 0 Å². The Hall–Kier alpha value is -2.55. The van der Waals surface area contributed by atoms with Gasteiger partial charge in [0.25, 0.3) is 5.91 Å². The Balaban J connectivity index is 0.00000225. The number of carbonyl (C=O) groups excluding carboxylic acids is 1. The van der Waals surface area contributed by atoms with Crippen molar-refractivity contribution in [1.29, 1.82) is 5.26 Å². The van der Waals surface area contributed by atoms with E-state index in [4.69, 9.17) is 10.00 Å². The molecule has 146 valence electrons. The van der Waals surface area contributed by atoms with E-state index in [2.05, 4.69) is 30.1 Å². The summed E-state index contributed by atoms with van der Waals surface area (Å²) in [5.74, 6) is 1.85. The van der Waals surface area contributed by atoms with E-state index in [0.717, 1.165) is 25.4 Å². The second kappa shape index (κ2) is 8.22. The Labute approximate surface area is 171 Å². The maximum atomic E-state index is 12.9. The molecule has 3 atom stereocenters. The molecule has 0 saturated carbocycles. The molecule has 28 heavy (non-hydrogen) atoms. The fourth-order valence-corrected chi connectivity index (χ4v) is 4.60.